The number of carboxylic acids is 1. The Labute approximate surface area is 189 Å². The zero-order valence-corrected chi connectivity index (χ0v) is 18.8. The van der Waals surface area contributed by atoms with E-state index in [4.69, 9.17) is 15.3 Å². The van der Waals surface area contributed by atoms with Gasteiger partial charge >= 0.3 is 12.1 Å². The zero-order chi connectivity index (χ0) is 24.2. The number of rotatable bonds is 8. The number of alkyl carbamates (subject to hydrolysis) is 1. The second kappa shape index (κ2) is 9.69. The molecule has 2 aromatic carbocycles. The molecule has 0 fully saturated rings. The number of benzene rings is 2. The number of imidazole rings is 1. The fourth-order valence-electron chi connectivity index (χ4n) is 2.97. The maximum absolute atomic E-state index is 11.7. The minimum atomic E-state index is -3.24. The van der Waals surface area contributed by atoms with Crippen LogP contribution in [0.3, 0.4) is 0 Å². The molecule has 4 N–H and O–H groups in total. The van der Waals surface area contributed by atoms with Gasteiger partial charge in [0, 0.05) is 24.6 Å². The molecule has 3 rings (SSSR count). The van der Waals surface area contributed by atoms with Crippen molar-refractivity contribution in [3.8, 4) is 0 Å². The summed E-state index contributed by atoms with van der Waals surface area (Å²) >= 11 is 0. The molecule has 11 nitrogen and oxygen atoms in total. The highest BCUT2D eigenvalue weighted by Crippen LogP contribution is 2.18. The second-order valence-electron chi connectivity index (χ2n) is 7.29. The van der Waals surface area contributed by atoms with Crippen LogP contribution in [0.2, 0.25) is 0 Å². The van der Waals surface area contributed by atoms with E-state index in [0.29, 0.717) is 23.4 Å². The SMILES string of the molecule is Cn1c(CNc2ccc(C(=N)NC(=O)OCCS(C)(=O)=O)cc2)nc2cc(C(=O)O)ccc21. The van der Waals surface area contributed by atoms with Crippen LogP contribution < -0.4 is 10.6 Å². The highest BCUT2D eigenvalue weighted by molar-refractivity contribution is 7.90. The Hall–Kier alpha value is -3.93. The Morgan fingerprint density at radius 1 is 1.15 bits per heavy atom. The largest absolute Gasteiger partial charge is 0.478 e. The molecule has 0 saturated carbocycles. The maximum atomic E-state index is 11.7. The molecule has 12 heteroatoms. The summed E-state index contributed by atoms with van der Waals surface area (Å²) in [6.45, 7) is 0.0932. The molecule has 0 atom stereocenters. The van der Waals surface area contributed by atoms with E-state index in [9.17, 15) is 18.0 Å². The van der Waals surface area contributed by atoms with Gasteiger partial charge in [0.15, 0.2) is 9.84 Å². The molecule has 0 bridgehead atoms. The van der Waals surface area contributed by atoms with Crippen molar-refractivity contribution in [2.24, 2.45) is 7.05 Å². The number of aromatic carboxylic acids is 1. The molecule has 0 spiro atoms. The lowest BCUT2D eigenvalue weighted by molar-refractivity contribution is 0.0697. The number of sulfone groups is 1. The van der Waals surface area contributed by atoms with Gasteiger partial charge in [-0.3, -0.25) is 10.7 Å². The van der Waals surface area contributed by atoms with Crippen molar-refractivity contribution >= 4 is 44.5 Å². The van der Waals surface area contributed by atoms with E-state index in [1.807, 2.05) is 11.6 Å². The highest BCUT2D eigenvalue weighted by Gasteiger charge is 2.12. The summed E-state index contributed by atoms with van der Waals surface area (Å²) in [4.78, 5) is 27.3. The minimum Gasteiger partial charge on any atom is -0.478 e. The maximum Gasteiger partial charge on any atom is 0.412 e. The van der Waals surface area contributed by atoms with Crippen LogP contribution in [-0.4, -0.2) is 59.6 Å². The topological polar surface area (TPSA) is 163 Å². The lowest BCUT2D eigenvalue weighted by Gasteiger charge is -2.10. The Balaban J connectivity index is 1.57. The van der Waals surface area contributed by atoms with Crippen LogP contribution in [0.5, 0.6) is 0 Å². The van der Waals surface area contributed by atoms with E-state index < -0.39 is 21.9 Å². The molecule has 0 aliphatic carbocycles. The zero-order valence-electron chi connectivity index (χ0n) is 18.0. The Morgan fingerprint density at radius 3 is 2.45 bits per heavy atom. The Bertz CT molecular complexity index is 1310. The van der Waals surface area contributed by atoms with E-state index >= 15 is 0 Å². The first-order valence-electron chi connectivity index (χ1n) is 9.76. The van der Waals surface area contributed by atoms with Gasteiger partial charge in [0.2, 0.25) is 0 Å². The molecular formula is C21H23N5O6S. The molecular weight excluding hydrogens is 450 g/mol. The van der Waals surface area contributed by atoms with Gasteiger partial charge in [0.25, 0.3) is 0 Å². The molecule has 0 aliphatic rings. The summed E-state index contributed by atoms with van der Waals surface area (Å²) in [5.41, 5.74) is 2.76. The molecule has 33 heavy (non-hydrogen) atoms. The van der Waals surface area contributed by atoms with Crippen LogP contribution in [0.15, 0.2) is 42.5 Å². The quantitative estimate of drug-likeness (QED) is 0.285. The number of hydrogen-bond donors (Lipinski definition) is 4. The van der Waals surface area contributed by atoms with E-state index in [1.165, 1.54) is 12.1 Å². The first-order valence-corrected chi connectivity index (χ1v) is 11.8. The highest BCUT2D eigenvalue weighted by atomic mass is 32.2. The normalized spacial score (nSPS) is 11.2. The van der Waals surface area contributed by atoms with E-state index in [-0.39, 0.29) is 23.8 Å². The van der Waals surface area contributed by atoms with Gasteiger partial charge in [0.05, 0.1) is 28.9 Å². The molecule has 0 radical (unpaired) electrons. The second-order valence-corrected chi connectivity index (χ2v) is 9.55. The third-order valence-corrected chi connectivity index (χ3v) is 5.67. The Morgan fingerprint density at radius 2 is 1.82 bits per heavy atom. The molecule has 174 valence electrons. The van der Waals surface area contributed by atoms with Crippen molar-refractivity contribution in [2.45, 2.75) is 6.54 Å². The van der Waals surface area contributed by atoms with Crippen molar-refractivity contribution in [1.82, 2.24) is 14.9 Å². The molecule has 0 saturated heterocycles. The van der Waals surface area contributed by atoms with Gasteiger partial charge in [-0.15, -0.1) is 0 Å². The van der Waals surface area contributed by atoms with Crippen molar-refractivity contribution in [2.75, 3.05) is 23.9 Å². The lowest BCUT2D eigenvalue weighted by Crippen LogP contribution is -2.32. The molecule has 0 aliphatic heterocycles. The van der Waals surface area contributed by atoms with Gasteiger partial charge in [-0.25, -0.2) is 23.0 Å². The van der Waals surface area contributed by atoms with Gasteiger partial charge in [0.1, 0.15) is 18.3 Å². The number of carboxylic acid groups (broad SMARTS) is 1. The van der Waals surface area contributed by atoms with Crippen LogP contribution in [0.25, 0.3) is 11.0 Å². The summed E-state index contributed by atoms with van der Waals surface area (Å²) in [7, 11) is -1.40. The smallest absolute Gasteiger partial charge is 0.412 e. The molecule has 0 unspecified atom stereocenters. The van der Waals surface area contributed by atoms with Crippen LogP contribution in [0.4, 0.5) is 10.5 Å². The fourth-order valence-corrected chi connectivity index (χ4v) is 3.36. The molecule has 3 aromatic rings. The van der Waals surface area contributed by atoms with Crippen LogP contribution in [0.1, 0.15) is 21.7 Å². The number of nitrogens with zero attached hydrogens (tertiary/aromatic N) is 2. The summed E-state index contributed by atoms with van der Waals surface area (Å²) in [5.74, 6) is -0.775. The number of hydrogen-bond acceptors (Lipinski definition) is 8. The summed E-state index contributed by atoms with van der Waals surface area (Å²) in [6, 6.07) is 11.5. The number of amidine groups is 1. The van der Waals surface area contributed by atoms with Gasteiger partial charge in [-0.1, -0.05) is 0 Å². The third-order valence-electron chi connectivity index (χ3n) is 4.76. The predicted octanol–water partition coefficient (Wildman–Crippen LogP) is 1.98. The fraction of sp³-hybridized carbons (Fsp3) is 0.238. The monoisotopic (exact) mass is 473 g/mol. The molecule has 1 aromatic heterocycles. The van der Waals surface area contributed by atoms with E-state index in [1.54, 1.807) is 30.3 Å². The Kier molecular flexibility index (Phi) is 6.97. The number of ether oxygens (including phenoxy) is 1. The van der Waals surface area contributed by atoms with Gasteiger partial charge in [-0.05, 0) is 42.5 Å². The lowest BCUT2D eigenvalue weighted by atomic mass is 10.2. The number of nitrogens with one attached hydrogen (secondary N) is 3. The minimum absolute atomic E-state index is 0.172. The first-order chi connectivity index (χ1) is 15.5. The van der Waals surface area contributed by atoms with E-state index in [2.05, 4.69) is 15.6 Å². The first kappa shape index (κ1) is 23.7. The number of amides is 1. The number of carbonyl (C=O) groups is 2. The van der Waals surface area contributed by atoms with Crippen LogP contribution >= 0.6 is 0 Å². The van der Waals surface area contributed by atoms with E-state index in [0.717, 1.165) is 17.5 Å². The number of aryl methyl sites for hydroxylation is 1. The summed E-state index contributed by atoms with van der Waals surface area (Å²) in [6.07, 6.45) is 0.135. The number of aromatic nitrogens is 2. The van der Waals surface area contributed by atoms with Crippen molar-refractivity contribution in [1.29, 1.82) is 5.41 Å². The van der Waals surface area contributed by atoms with Gasteiger partial charge in [-0.2, -0.15) is 0 Å². The summed E-state index contributed by atoms with van der Waals surface area (Å²) in [5, 5.41) is 22.5. The predicted molar refractivity (Wildman–Crippen MR) is 122 cm³/mol. The van der Waals surface area contributed by atoms with Gasteiger partial charge < -0.3 is 19.7 Å². The molecule has 1 amide bonds. The summed E-state index contributed by atoms with van der Waals surface area (Å²) < 4.78 is 28.7. The standard InChI is InChI=1S/C21H23N5O6S/c1-26-17-8-5-14(20(27)28)11-16(17)24-18(26)12-23-15-6-3-13(4-7-15)19(22)25-21(29)32-9-10-33(2,30)31/h3-8,11,23H,9-10,12H2,1-2H3,(H,27,28)(H2,22,25,29). The van der Waals surface area contributed by atoms with Crippen LogP contribution in [0, 0.1) is 5.41 Å². The van der Waals surface area contributed by atoms with Crippen molar-refractivity contribution in [3.63, 3.8) is 0 Å². The number of anilines is 1. The average Bonchev–Trinajstić information content (AvgIpc) is 3.06. The van der Waals surface area contributed by atoms with Crippen molar-refractivity contribution < 1.29 is 27.9 Å². The van der Waals surface area contributed by atoms with Crippen molar-refractivity contribution in [3.05, 3.63) is 59.4 Å². The number of carbonyl (C=O) groups excluding carboxylic acids is 1. The van der Waals surface area contributed by atoms with Crippen LogP contribution in [-0.2, 0) is 28.2 Å². The average molecular weight is 474 g/mol. The number of fused-ring (bicyclic) bond motifs is 1. The third kappa shape index (κ3) is 6.29. The molecule has 1 heterocycles.